The summed E-state index contributed by atoms with van der Waals surface area (Å²) in [6.07, 6.45) is 4.43. The maximum Gasteiger partial charge on any atom is 0.0729 e. The molecular weight excluding hydrogens is 262 g/mol. The first-order chi connectivity index (χ1) is 10.2. The fourth-order valence-corrected chi connectivity index (χ4v) is 2.75. The normalized spacial score (nSPS) is 14.3. The summed E-state index contributed by atoms with van der Waals surface area (Å²) in [7, 11) is 0. The smallest absolute Gasteiger partial charge is 0.0729 e. The van der Waals surface area contributed by atoms with Crippen molar-refractivity contribution >= 4 is 0 Å². The highest BCUT2D eigenvalue weighted by atomic mass is 16.5. The van der Waals surface area contributed by atoms with E-state index in [-0.39, 0.29) is 6.10 Å². The molecule has 4 nitrogen and oxygen atoms in total. The van der Waals surface area contributed by atoms with Gasteiger partial charge in [0.15, 0.2) is 0 Å². The minimum absolute atomic E-state index is 0.270. The summed E-state index contributed by atoms with van der Waals surface area (Å²) in [5.41, 5.74) is 2.51. The number of nitrogens with one attached hydrogen (secondary N) is 1. The van der Waals surface area contributed by atoms with E-state index in [2.05, 4.69) is 55.8 Å². The molecule has 0 saturated heterocycles. The molecule has 0 radical (unpaired) electrons. The average Bonchev–Trinajstić information content (AvgIpc) is 2.91. The maximum atomic E-state index is 5.94. The monoisotopic (exact) mass is 295 g/mol. The molecule has 1 N–H and O–H groups in total. The molecule has 0 amide bonds. The molecule has 0 aliphatic rings. The highest BCUT2D eigenvalue weighted by Gasteiger charge is 2.22. The van der Waals surface area contributed by atoms with Gasteiger partial charge in [0, 0.05) is 31.3 Å². The number of ether oxygens (including phenoxy) is 1. The summed E-state index contributed by atoms with van der Waals surface area (Å²) in [4.78, 5) is 0. The van der Waals surface area contributed by atoms with Crippen LogP contribution in [0, 0.1) is 0 Å². The summed E-state index contributed by atoms with van der Waals surface area (Å²) in [5, 5.41) is 8.33. The standard InChI is InChI=1S/C17H33N3O/c1-6-11-18-16(17(8-3)21-10-5)13-15-12-14(7-2)19-20(15)9-4/h12,16-18H,6-11,13H2,1-5H3. The first-order valence-corrected chi connectivity index (χ1v) is 8.60. The molecule has 122 valence electrons. The molecule has 1 aromatic rings. The van der Waals surface area contributed by atoms with Gasteiger partial charge in [0.2, 0.25) is 0 Å². The van der Waals surface area contributed by atoms with Crippen molar-refractivity contribution in [2.24, 2.45) is 0 Å². The molecule has 0 saturated carbocycles. The van der Waals surface area contributed by atoms with Crippen molar-refractivity contribution in [1.82, 2.24) is 15.1 Å². The van der Waals surface area contributed by atoms with Crippen LogP contribution in [0.2, 0.25) is 0 Å². The average molecular weight is 295 g/mol. The second-order valence-electron chi connectivity index (χ2n) is 5.46. The number of aromatic nitrogens is 2. The third kappa shape index (κ3) is 5.44. The van der Waals surface area contributed by atoms with Crippen molar-refractivity contribution < 1.29 is 4.74 Å². The Morgan fingerprint density at radius 3 is 2.52 bits per heavy atom. The van der Waals surface area contributed by atoms with Gasteiger partial charge in [-0.2, -0.15) is 5.10 Å². The molecule has 0 aliphatic carbocycles. The molecule has 1 heterocycles. The second kappa shape index (κ2) is 9.96. The van der Waals surface area contributed by atoms with Crippen molar-refractivity contribution in [1.29, 1.82) is 0 Å². The van der Waals surface area contributed by atoms with Crippen LogP contribution in [0.4, 0.5) is 0 Å². The van der Waals surface area contributed by atoms with Gasteiger partial charge in [-0.1, -0.05) is 20.8 Å². The van der Waals surface area contributed by atoms with Gasteiger partial charge in [-0.05, 0) is 45.7 Å². The minimum Gasteiger partial charge on any atom is -0.377 e. The molecule has 1 rings (SSSR count). The number of hydrogen-bond donors (Lipinski definition) is 1. The molecule has 1 aromatic heterocycles. The first-order valence-electron chi connectivity index (χ1n) is 8.60. The van der Waals surface area contributed by atoms with Crippen LogP contribution in [0.5, 0.6) is 0 Å². The van der Waals surface area contributed by atoms with E-state index in [1.165, 1.54) is 11.4 Å². The molecule has 0 bridgehead atoms. The molecule has 0 spiro atoms. The van der Waals surface area contributed by atoms with Crippen molar-refractivity contribution in [3.05, 3.63) is 17.5 Å². The van der Waals surface area contributed by atoms with Crippen molar-refractivity contribution in [2.45, 2.75) is 79.0 Å². The first kappa shape index (κ1) is 18.2. The van der Waals surface area contributed by atoms with Crippen molar-refractivity contribution in [3.63, 3.8) is 0 Å². The second-order valence-corrected chi connectivity index (χ2v) is 5.46. The van der Waals surface area contributed by atoms with Gasteiger partial charge in [-0.3, -0.25) is 4.68 Å². The summed E-state index contributed by atoms with van der Waals surface area (Å²) in [6, 6.07) is 2.62. The van der Waals surface area contributed by atoms with Crippen LogP contribution in [0.15, 0.2) is 6.07 Å². The summed E-state index contributed by atoms with van der Waals surface area (Å²) >= 11 is 0. The predicted octanol–water partition coefficient (Wildman–Crippen LogP) is 3.19. The Bertz CT molecular complexity index is 389. The lowest BCUT2D eigenvalue weighted by molar-refractivity contribution is 0.0315. The lowest BCUT2D eigenvalue weighted by Gasteiger charge is -2.27. The number of rotatable bonds is 11. The summed E-state index contributed by atoms with van der Waals surface area (Å²) in [6.45, 7) is 13.5. The Labute approximate surface area is 130 Å². The van der Waals surface area contributed by atoms with E-state index >= 15 is 0 Å². The minimum atomic E-state index is 0.270. The third-order valence-electron chi connectivity index (χ3n) is 3.89. The Hall–Kier alpha value is -0.870. The van der Waals surface area contributed by atoms with Gasteiger partial charge >= 0.3 is 0 Å². The predicted molar refractivity (Wildman–Crippen MR) is 88.8 cm³/mol. The number of hydrogen-bond acceptors (Lipinski definition) is 3. The van der Waals surface area contributed by atoms with Gasteiger partial charge in [0.05, 0.1) is 11.8 Å². The van der Waals surface area contributed by atoms with Crippen LogP contribution in [-0.4, -0.2) is 35.1 Å². The lowest BCUT2D eigenvalue weighted by atomic mass is 10.0. The quantitative estimate of drug-likeness (QED) is 0.681. The van der Waals surface area contributed by atoms with E-state index in [1.807, 2.05) is 0 Å². The molecule has 2 atom stereocenters. The third-order valence-corrected chi connectivity index (χ3v) is 3.89. The van der Waals surface area contributed by atoms with Gasteiger partial charge in [0.25, 0.3) is 0 Å². The largest absolute Gasteiger partial charge is 0.377 e. The SMILES string of the molecule is CCCNC(Cc1cc(CC)nn1CC)C(CC)OCC. The van der Waals surface area contributed by atoms with E-state index in [0.717, 1.165) is 45.4 Å². The van der Waals surface area contributed by atoms with Crippen LogP contribution < -0.4 is 5.32 Å². The van der Waals surface area contributed by atoms with E-state index in [1.54, 1.807) is 0 Å². The zero-order chi connectivity index (χ0) is 15.7. The zero-order valence-electron chi connectivity index (χ0n) is 14.5. The number of nitrogens with zero attached hydrogens (tertiary/aromatic N) is 2. The Morgan fingerprint density at radius 1 is 1.24 bits per heavy atom. The fraction of sp³-hybridized carbons (Fsp3) is 0.824. The molecule has 4 heteroatoms. The van der Waals surface area contributed by atoms with Crippen LogP contribution in [0.25, 0.3) is 0 Å². The van der Waals surface area contributed by atoms with E-state index in [4.69, 9.17) is 4.74 Å². The van der Waals surface area contributed by atoms with Crippen LogP contribution in [0.3, 0.4) is 0 Å². The molecular formula is C17H33N3O. The fourth-order valence-electron chi connectivity index (χ4n) is 2.75. The van der Waals surface area contributed by atoms with Gasteiger partial charge in [-0.15, -0.1) is 0 Å². The van der Waals surface area contributed by atoms with Gasteiger partial charge < -0.3 is 10.1 Å². The molecule has 2 unspecified atom stereocenters. The van der Waals surface area contributed by atoms with Crippen molar-refractivity contribution in [3.8, 4) is 0 Å². The maximum absolute atomic E-state index is 5.94. The lowest BCUT2D eigenvalue weighted by Crippen LogP contribution is -2.43. The van der Waals surface area contributed by atoms with Crippen LogP contribution >= 0.6 is 0 Å². The van der Waals surface area contributed by atoms with Crippen molar-refractivity contribution in [2.75, 3.05) is 13.2 Å². The topological polar surface area (TPSA) is 39.1 Å². The van der Waals surface area contributed by atoms with Gasteiger partial charge in [0.1, 0.15) is 0 Å². The van der Waals surface area contributed by atoms with Crippen LogP contribution in [0.1, 0.15) is 58.8 Å². The van der Waals surface area contributed by atoms with E-state index in [9.17, 15) is 0 Å². The molecule has 0 aromatic carbocycles. The highest BCUT2D eigenvalue weighted by molar-refractivity contribution is 5.12. The summed E-state index contributed by atoms with van der Waals surface area (Å²) in [5.74, 6) is 0. The number of aryl methyl sites for hydroxylation is 2. The molecule has 0 fully saturated rings. The Kier molecular flexibility index (Phi) is 8.62. The van der Waals surface area contributed by atoms with Gasteiger partial charge in [-0.25, -0.2) is 0 Å². The van der Waals surface area contributed by atoms with Crippen LogP contribution in [-0.2, 0) is 24.1 Å². The molecule has 0 aliphatic heterocycles. The summed E-state index contributed by atoms with van der Waals surface area (Å²) < 4.78 is 8.07. The Balaban J connectivity index is 2.85. The van der Waals surface area contributed by atoms with E-state index in [0.29, 0.717) is 6.04 Å². The highest BCUT2D eigenvalue weighted by Crippen LogP contribution is 2.14. The zero-order valence-corrected chi connectivity index (χ0v) is 14.5. The Morgan fingerprint density at radius 2 is 2.00 bits per heavy atom. The van der Waals surface area contributed by atoms with E-state index < -0.39 is 0 Å². The molecule has 21 heavy (non-hydrogen) atoms.